The predicted molar refractivity (Wildman–Crippen MR) is 96.0 cm³/mol. The van der Waals surface area contributed by atoms with E-state index in [0.29, 0.717) is 14.8 Å². The van der Waals surface area contributed by atoms with Gasteiger partial charge in [-0.3, -0.25) is 0 Å². The van der Waals surface area contributed by atoms with E-state index in [-0.39, 0.29) is 0 Å². The molecule has 0 saturated heterocycles. The minimum atomic E-state index is 0.414. The third-order valence-corrected chi connectivity index (χ3v) is 7.26. The maximum Gasteiger partial charge on any atom is 0.0230 e. The molecule has 0 amide bonds. The van der Waals surface area contributed by atoms with E-state index in [1.165, 1.54) is 37.7 Å². The Morgan fingerprint density at radius 1 is 1.20 bits per heavy atom. The minimum Gasteiger partial charge on any atom is -0.0788 e. The molecule has 0 aliphatic heterocycles. The lowest BCUT2D eigenvalue weighted by Crippen LogP contribution is -2.49. The number of hydrogen-bond donors (Lipinski definition) is 0. The van der Waals surface area contributed by atoms with Gasteiger partial charge in [0.05, 0.1) is 0 Å². The van der Waals surface area contributed by atoms with Gasteiger partial charge in [-0.05, 0) is 59.6 Å². The van der Waals surface area contributed by atoms with Gasteiger partial charge in [0, 0.05) is 3.42 Å². The number of hydrogen-bond acceptors (Lipinski definition) is 0. The quantitative estimate of drug-likeness (QED) is 0.412. The van der Waals surface area contributed by atoms with Crippen LogP contribution in [0.1, 0.15) is 76.0 Å². The van der Waals surface area contributed by atoms with Gasteiger partial charge >= 0.3 is 0 Å². The highest BCUT2D eigenvalue weighted by molar-refractivity contribution is 14.1. The van der Waals surface area contributed by atoms with Gasteiger partial charge in [-0.2, -0.15) is 0 Å². The molecule has 0 nitrogen and oxygen atoms in total. The van der Waals surface area contributed by atoms with Gasteiger partial charge in [0.25, 0.3) is 0 Å². The molecule has 0 radical (unpaired) electrons. The summed E-state index contributed by atoms with van der Waals surface area (Å²) in [5, 5.41) is 0. The predicted octanol–water partition coefficient (Wildman–Crippen LogP) is 6.01. The Balaban J connectivity index is 2.06. The van der Waals surface area contributed by atoms with E-state index in [1.807, 2.05) is 0 Å². The Morgan fingerprint density at radius 2 is 1.95 bits per heavy atom. The molecule has 0 heterocycles. The van der Waals surface area contributed by atoms with Crippen molar-refractivity contribution in [1.82, 2.24) is 0 Å². The van der Waals surface area contributed by atoms with Gasteiger partial charge in [0.15, 0.2) is 0 Å². The zero-order valence-corrected chi connectivity index (χ0v) is 15.5. The average molecular weight is 382 g/mol. The molecule has 3 rings (SSSR count). The minimum absolute atomic E-state index is 0.414. The number of halogens is 1. The molecule has 2 aliphatic carbocycles. The van der Waals surface area contributed by atoms with Crippen molar-refractivity contribution in [2.24, 2.45) is 5.92 Å². The Kier molecular flexibility index (Phi) is 3.72. The van der Waals surface area contributed by atoms with E-state index in [1.54, 1.807) is 11.1 Å². The van der Waals surface area contributed by atoms with E-state index in [4.69, 9.17) is 0 Å². The summed E-state index contributed by atoms with van der Waals surface area (Å²) < 4.78 is 0.485. The summed E-state index contributed by atoms with van der Waals surface area (Å²) in [6.45, 7) is 9.64. The van der Waals surface area contributed by atoms with E-state index < -0.39 is 0 Å². The van der Waals surface area contributed by atoms with Crippen molar-refractivity contribution in [1.29, 1.82) is 0 Å². The zero-order valence-electron chi connectivity index (χ0n) is 13.3. The fourth-order valence-corrected chi connectivity index (χ4v) is 6.17. The van der Waals surface area contributed by atoms with E-state index in [0.717, 1.165) is 5.92 Å². The monoisotopic (exact) mass is 382 g/mol. The molecule has 1 saturated carbocycles. The van der Waals surface area contributed by atoms with Gasteiger partial charge in [-0.1, -0.05) is 74.9 Å². The van der Waals surface area contributed by atoms with Crippen LogP contribution in [0.3, 0.4) is 0 Å². The van der Waals surface area contributed by atoms with Crippen LogP contribution in [-0.4, -0.2) is 3.42 Å². The number of benzene rings is 1. The Hall–Kier alpha value is -0.0500. The number of fused-ring (bicyclic) bond motifs is 3. The molecule has 1 aromatic carbocycles. The Labute approximate surface area is 137 Å². The van der Waals surface area contributed by atoms with Crippen LogP contribution in [0.4, 0.5) is 0 Å². The topological polar surface area (TPSA) is 0 Å². The van der Waals surface area contributed by atoms with Crippen molar-refractivity contribution >= 4 is 22.6 Å². The molecule has 0 bridgehead atoms. The van der Waals surface area contributed by atoms with E-state index >= 15 is 0 Å². The average Bonchev–Trinajstić information content (AvgIpc) is 2.37. The first kappa shape index (κ1) is 14.9. The Morgan fingerprint density at radius 3 is 2.65 bits per heavy atom. The summed E-state index contributed by atoms with van der Waals surface area (Å²) in [4.78, 5) is 0. The maximum atomic E-state index is 2.75. The first-order valence-corrected chi connectivity index (χ1v) is 9.25. The molecule has 3 unspecified atom stereocenters. The van der Waals surface area contributed by atoms with Crippen LogP contribution in [0.15, 0.2) is 18.2 Å². The molecule has 3 atom stereocenters. The maximum absolute atomic E-state index is 2.75. The number of aryl methyl sites for hydroxylation is 1. The van der Waals surface area contributed by atoms with Gasteiger partial charge in [-0.25, -0.2) is 0 Å². The molecule has 0 N–H and O–H groups in total. The lowest BCUT2D eigenvalue weighted by atomic mass is 9.55. The number of alkyl halides is 1. The molecule has 0 aromatic heterocycles. The van der Waals surface area contributed by atoms with Crippen molar-refractivity contribution < 1.29 is 0 Å². The van der Waals surface area contributed by atoms with Crippen LogP contribution >= 0.6 is 22.6 Å². The SMILES string of the molecule is CC(C)c1ccc2c(c1)CCC1C(C)(I)CCCC21C. The second kappa shape index (κ2) is 5.00. The van der Waals surface area contributed by atoms with Crippen molar-refractivity contribution in [3.8, 4) is 0 Å². The number of rotatable bonds is 1. The fourth-order valence-electron chi connectivity index (χ4n) is 4.79. The largest absolute Gasteiger partial charge is 0.0788 e. The Bertz CT molecular complexity index is 514. The van der Waals surface area contributed by atoms with Crippen LogP contribution in [0, 0.1) is 5.92 Å². The molecule has 0 spiro atoms. The summed E-state index contributed by atoms with van der Waals surface area (Å²) >= 11 is 2.75. The van der Waals surface area contributed by atoms with Gasteiger partial charge < -0.3 is 0 Å². The van der Waals surface area contributed by atoms with Crippen LogP contribution < -0.4 is 0 Å². The van der Waals surface area contributed by atoms with E-state index in [2.05, 4.69) is 68.5 Å². The zero-order chi connectivity index (χ0) is 14.5. The van der Waals surface area contributed by atoms with Crippen LogP contribution in [0.25, 0.3) is 0 Å². The lowest BCUT2D eigenvalue weighted by molar-refractivity contribution is 0.149. The molecule has 1 heteroatoms. The van der Waals surface area contributed by atoms with Crippen LogP contribution in [0.2, 0.25) is 0 Å². The highest BCUT2D eigenvalue weighted by atomic mass is 127. The molecule has 1 aromatic rings. The normalized spacial score (nSPS) is 36.6. The van der Waals surface area contributed by atoms with Gasteiger partial charge in [0.1, 0.15) is 0 Å². The molecular formula is C19H27I. The first-order chi connectivity index (χ1) is 9.34. The molecule has 110 valence electrons. The second-order valence-corrected chi connectivity index (χ2v) is 10.2. The first-order valence-electron chi connectivity index (χ1n) is 8.17. The molecular weight excluding hydrogens is 355 g/mol. The van der Waals surface area contributed by atoms with Crippen LogP contribution in [-0.2, 0) is 11.8 Å². The highest BCUT2D eigenvalue weighted by Crippen LogP contribution is 2.56. The molecule has 2 aliphatic rings. The second-order valence-electron chi connectivity index (χ2n) is 7.71. The smallest absolute Gasteiger partial charge is 0.0230 e. The van der Waals surface area contributed by atoms with Crippen LogP contribution in [0.5, 0.6) is 0 Å². The summed E-state index contributed by atoms with van der Waals surface area (Å²) in [7, 11) is 0. The summed E-state index contributed by atoms with van der Waals surface area (Å²) in [5.41, 5.74) is 5.24. The standard InChI is InChI=1S/C19H27I/c1-13(2)14-6-8-16-15(12-14)7-9-17-18(16,3)10-5-11-19(17,4)20/h6,8,12-13,17H,5,7,9-11H2,1-4H3. The molecule has 20 heavy (non-hydrogen) atoms. The van der Waals surface area contributed by atoms with Crippen molar-refractivity contribution in [3.63, 3.8) is 0 Å². The summed E-state index contributed by atoms with van der Waals surface area (Å²) in [6.07, 6.45) is 6.83. The van der Waals surface area contributed by atoms with Gasteiger partial charge in [0.2, 0.25) is 0 Å². The third-order valence-electron chi connectivity index (χ3n) is 5.97. The van der Waals surface area contributed by atoms with E-state index in [9.17, 15) is 0 Å². The molecule has 1 fully saturated rings. The van der Waals surface area contributed by atoms with Crippen molar-refractivity contribution in [3.05, 3.63) is 34.9 Å². The highest BCUT2D eigenvalue weighted by Gasteiger charge is 2.50. The van der Waals surface area contributed by atoms with Crippen molar-refractivity contribution in [2.45, 2.75) is 74.6 Å². The lowest BCUT2D eigenvalue weighted by Gasteiger charge is -2.53. The van der Waals surface area contributed by atoms with Gasteiger partial charge in [-0.15, -0.1) is 0 Å². The summed E-state index contributed by atoms with van der Waals surface area (Å²) in [6, 6.07) is 7.35. The third kappa shape index (κ3) is 2.24. The fraction of sp³-hybridized carbons (Fsp3) is 0.684. The summed E-state index contributed by atoms with van der Waals surface area (Å²) in [5.74, 6) is 1.49. The van der Waals surface area contributed by atoms with Crippen molar-refractivity contribution in [2.75, 3.05) is 0 Å².